The third kappa shape index (κ3) is 3.79. The van der Waals surface area contributed by atoms with Crippen LogP contribution in [0, 0.1) is 10.1 Å². The van der Waals surface area contributed by atoms with Crippen molar-refractivity contribution in [2.45, 2.75) is 0 Å². The van der Waals surface area contributed by atoms with Crippen molar-refractivity contribution in [3.63, 3.8) is 0 Å². The van der Waals surface area contributed by atoms with Gasteiger partial charge in [-0.15, -0.1) is 0 Å². The predicted octanol–water partition coefficient (Wildman–Crippen LogP) is 1.91. The van der Waals surface area contributed by atoms with E-state index in [4.69, 9.17) is 9.47 Å². The number of hydrogen-bond acceptors (Lipinski definition) is 6. The monoisotopic (exact) mass is 294 g/mol. The molecule has 1 aromatic rings. The minimum atomic E-state index is -0.627. The number of nitrogens with zero attached hydrogens (tertiary/aromatic N) is 2. The molecule has 0 atom stereocenters. The van der Waals surface area contributed by atoms with E-state index in [1.165, 1.54) is 26.4 Å². The van der Waals surface area contributed by atoms with Crippen LogP contribution in [0.1, 0.15) is 10.4 Å². The lowest BCUT2D eigenvalue weighted by Crippen LogP contribution is -2.20. The molecule has 0 radical (unpaired) electrons. The van der Waals surface area contributed by atoms with Gasteiger partial charge in [0, 0.05) is 18.2 Å². The Bertz CT molecular complexity index is 581. The lowest BCUT2D eigenvalue weighted by molar-refractivity contribution is -0.385. The normalized spacial score (nSPS) is 10.3. The summed E-state index contributed by atoms with van der Waals surface area (Å²) in [7, 11) is 6.32. The highest BCUT2D eigenvalue weighted by atomic mass is 16.6. The van der Waals surface area contributed by atoms with E-state index in [9.17, 15) is 14.9 Å². The third-order valence-electron chi connectivity index (χ3n) is 2.77. The molecule has 7 heteroatoms. The number of carbonyl (C=O) groups is 1. The third-order valence-corrected chi connectivity index (χ3v) is 2.77. The minimum absolute atomic E-state index is 0.0653. The number of hydrogen-bond donors (Lipinski definition) is 0. The van der Waals surface area contributed by atoms with Crippen molar-refractivity contribution in [3.05, 3.63) is 40.0 Å². The summed E-state index contributed by atoms with van der Waals surface area (Å²) in [6.07, 6.45) is 0. The second kappa shape index (κ2) is 6.85. The molecule has 0 aliphatic rings. The molecule has 0 unspecified atom stereocenters. The van der Waals surface area contributed by atoms with Crippen molar-refractivity contribution >= 4 is 11.5 Å². The Labute approximate surface area is 122 Å². The second-order valence-electron chi connectivity index (χ2n) is 4.65. The molecule has 0 spiro atoms. The van der Waals surface area contributed by atoms with Crippen molar-refractivity contribution < 1.29 is 19.2 Å². The SMILES string of the molecule is C=C(CN(C)C)C(=O)c1cc(OC)c(OC)cc1[N+](=O)[O-]. The Morgan fingerprint density at radius 3 is 2.24 bits per heavy atom. The smallest absolute Gasteiger partial charge is 0.284 e. The summed E-state index contributed by atoms with van der Waals surface area (Å²) in [6.45, 7) is 3.99. The zero-order valence-electron chi connectivity index (χ0n) is 12.5. The van der Waals surface area contributed by atoms with Crippen molar-refractivity contribution in [2.75, 3.05) is 34.9 Å². The van der Waals surface area contributed by atoms with E-state index in [0.29, 0.717) is 6.54 Å². The van der Waals surface area contributed by atoms with Gasteiger partial charge in [0.05, 0.1) is 25.2 Å². The average molecular weight is 294 g/mol. The number of rotatable bonds is 7. The highest BCUT2D eigenvalue weighted by molar-refractivity contribution is 6.11. The first kappa shape index (κ1) is 16.6. The summed E-state index contributed by atoms with van der Waals surface area (Å²) in [6, 6.07) is 2.48. The van der Waals surface area contributed by atoms with Crippen molar-refractivity contribution in [3.8, 4) is 11.5 Å². The van der Waals surface area contributed by atoms with Gasteiger partial charge in [0.2, 0.25) is 0 Å². The van der Waals surface area contributed by atoms with Crippen LogP contribution in [0.2, 0.25) is 0 Å². The van der Waals surface area contributed by atoms with Gasteiger partial charge < -0.3 is 14.4 Å². The first-order chi connectivity index (χ1) is 9.81. The van der Waals surface area contributed by atoms with Crippen molar-refractivity contribution in [1.29, 1.82) is 0 Å². The molecule has 0 saturated carbocycles. The Balaban J connectivity index is 3.36. The largest absolute Gasteiger partial charge is 0.493 e. The van der Waals surface area contributed by atoms with E-state index in [1.807, 2.05) is 0 Å². The van der Waals surface area contributed by atoms with Gasteiger partial charge in [0.1, 0.15) is 5.56 Å². The molecule has 7 nitrogen and oxygen atoms in total. The number of carbonyl (C=O) groups excluding carboxylic acids is 1. The quantitative estimate of drug-likeness (QED) is 0.331. The number of Topliss-reactive ketones (excluding diaryl/α,β-unsaturated/α-hetero) is 1. The molecular formula is C14H18N2O5. The Morgan fingerprint density at radius 1 is 1.29 bits per heavy atom. The highest BCUT2D eigenvalue weighted by Crippen LogP contribution is 2.35. The molecule has 0 heterocycles. The van der Waals surface area contributed by atoms with Crippen LogP contribution in [-0.2, 0) is 0 Å². The van der Waals surface area contributed by atoms with E-state index >= 15 is 0 Å². The first-order valence-electron chi connectivity index (χ1n) is 6.09. The van der Waals surface area contributed by atoms with Crippen molar-refractivity contribution in [2.24, 2.45) is 0 Å². The Hall–Kier alpha value is -2.41. The molecule has 0 aromatic heterocycles. The van der Waals surface area contributed by atoms with Crippen molar-refractivity contribution in [1.82, 2.24) is 4.90 Å². The van der Waals surface area contributed by atoms with Crippen LogP contribution in [0.25, 0.3) is 0 Å². The number of nitro benzene ring substituents is 1. The number of ether oxygens (including phenoxy) is 2. The highest BCUT2D eigenvalue weighted by Gasteiger charge is 2.25. The number of benzene rings is 1. The van der Waals surface area contributed by atoms with E-state index in [-0.39, 0.29) is 28.3 Å². The fraction of sp³-hybridized carbons (Fsp3) is 0.357. The molecule has 0 fully saturated rings. The van der Waals surface area contributed by atoms with Crippen LogP contribution >= 0.6 is 0 Å². The first-order valence-corrected chi connectivity index (χ1v) is 6.09. The minimum Gasteiger partial charge on any atom is -0.493 e. The van der Waals surface area contributed by atoms with Gasteiger partial charge in [-0.25, -0.2) is 0 Å². The van der Waals surface area contributed by atoms with Crippen LogP contribution in [0.4, 0.5) is 5.69 Å². The summed E-state index contributed by atoms with van der Waals surface area (Å²) in [5.41, 5.74) is -0.141. The summed E-state index contributed by atoms with van der Waals surface area (Å²) in [5, 5.41) is 11.2. The summed E-state index contributed by atoms with van der Waals surface area (Å²) in [4.78, 5) is 24.6. The zero-order valence-corrected chi connectivity index (χ0v) is 12.5. The van der Waals surface area contributed by atoms with Crippen LogP contribution in [0.5, 0.6) is 11.5 Å². The fourth-order valence-corrected chi connectivity index (χ4v) is 1.85. The molecule has 0 saturated heterocycles. The van der Waals surface area contributed by atoms with Gasteiger partial charge in [0.15, 0.2) is 17.3 Å². The number of likely N-dealkylation sites (N-methyl/N-ethyl adjacent to an activating group) is 1. The van der Waals surface area contributed by atoms with Crippen LogP contribution in [-0.4, -0.2) is 50.5 Å². The maximum atomic E-state index is 12.3. The molecule has 0 bridgehead atoms. The molecule has 0 aliphatic heterocycles. The number of ketones is 1. The Morgan fingerprint density at radius 2 is 1.81 bits per heavy atom. The molecule has 0 aliphatic carbocycles. The molecule has 0 N–H and O–H groups in total. The fourth-order valence-electron chi connectivity index (χ4n) is 1.85. The van der Waals surface area contributed by atoms with Crippen LogP contribution < -0.4 is 9.47 Å². The molecule has 0 amide bonds. The van der Waals surface area contributed by atoms with Crippen LogP contribution in [0.15, 0.2) is 24.3 Å². The maximum absolute atomic E-state index is 12.3. The van der Waals surface area contributed by atoms with Gasteiger partial charge in [-0.3, -0.25) is 14.9 Å². The van der Waals surface area contributed by atoms with E-state index < -0.39 is 10.7 Å². The maximum Gasteiger partial charge on any atom is 0.284 e. The molecule has 1 aromatic carbocycles. The van der Waals surface area contributed by atoms with E-state index in [0.717, 1.165) is 0 Å². The number of methoxy groups -OCH3 is 2. The zero-order chi connectivity index (χ0) is 16.2. The van der Waals surface area contributed by atoms with Crippen LogP contribution in [0.3, 0.4) is 0 Å². The molecular weight excluding hydrogens is 276 g/mol. The summed E-state index contributed by atoms with van der Waals surface area (Å²) < 4.78 is 10.1. The van der Waals surface area contributed by atoms with E-state index in [2.05, 4.69) is 6.58 Å². The number of nitro groups is 1. The second-order valence-corrected chi connectivity index (χ2v) is 4.65. The summed E-state index contributed by atoms with van der Waals surface area (Å²) >= 11 is 0. The molecule has 1 rings (SSSR count). The topological polar surface area (TPSA) is 81.9 Å². The molecule has 21 heavy (non-hydrogen) atoms. The molecule has 114 valence electrons. The van der Waals surface area contributed by atoms with Gasteiger partial charge in [-0.05, 0) is 14.1 Å². The average Bonchev–Trinajstić information content (AvgIpc) is 2.43. The van der Waals surface area contributed by atoms with Gasteiger partial charge in [0.25, 0.3) is 5.69 Å². The Kier molecular flexibility index (Phi) is 5.43. The lowest BCUT2D eigenvalue weighted by atomic mass is 10.0. The predicted molar refractivity (Wildman–Crippen MR) is 78.2 cm³/mol. The van der Waals surface area contributed by atoms with Gasteiger partial charge in [-0.2, -0.15) is 0 Å². The van der Waals surface area contributed by atoms with E-state index in [1.54, 1.807) is 19.0 Å². The lowest BCUT2D eigenvalue weighted by Gasteiger charge is -2.13. The standard InChI is InChI=1S/C14H18N2O5/c1-9(8-15(2)3)14(17)10-6-12(20-4)13(21-5)7-11(10)16(18)19/h6-7H,1,8H2,2-5H3. The van der Waals surface area contributed by atoms with Gasteiger partial charge >= 0.3 is 0 Å². The summed E-state index contributed by atoms with van der Waals surface area (Å²) in [5.74, 6) is -0.0422. The van der Waals surface area contributed by atoms with Gasteiger partial charge in [-0.1, -0.05) is 6.58 Å².